The van der Waals surface area contributed by atoms with Crippen molar-refractivity contribution in [2.75, 3.05) is 4.72 Å². The van der Waals surface area contributed by atoms with E-state index in [0.717, 1.165) is 29.5 Å². The second kappa shape index (κ2) is 5.51. The second-order valence-electron chi connectivity index (χ2n) is 3.83. The summed E-state index contributed by atoms with van der Waals surface area (Å²) in [5.74, 6) is -2.10. The quantitative estimate of drug-likeness (QED) is 0.896. The maximum absolute atomic E-state index is 13.2. The number of rotatable bonds is 4. The van der Waals surface area contributed by atoms with E-state index in [9.17, 15) is 17.6 Å². The van der Waals surface area contributed by atoms with Gasteiger partial charge >= 0.3 is 5.97 Å². The fourth-order valence-electron chi connectivity index (χ4n) is 1.52. The molecule has 21 heavy (non-hydrogen) atoms. The first-order valence-electron chi connectivity index (χ1n) is 5.38. The lowest BCUT2D eigenvalue weighted by Gasteiger charge is -2.08. The number of thiophene rings is 1. The second-order valence-corrected chi connectivity index (χ2v) is 6.43. The molecule has 0 unspecified atom stereocenters. The first kappa shape index (κ1) is 15.0. The van der Waals surface area contributed by atoms with Crippen LogP contribution in [0.4, 0.5) is 10.1 Å². The van der Waals surface area contributed by atoms with E-state index in [1.54, 1.807) is 0 Å². The van der Waals surface area contributed by atoms with Crippen molar-refractivity contribution in [1.82, 2.24) is 0 Å². The highest BCUT2D eigenvalue weighted by atomic mass is 32.2. The number of benzene rings is 1. The summed E-state index contributed by atoms with van der Waals surface area (Å²) in [6.45, 7) is 0. The Morgan fingerprint density at radius 3 is 2.71 bits per heavy atom. The molecule has 0 amide bonds. The number of nitriles is 1. The van der Waals surface area contributed by atoms with E-state index in [1.807, 2.05) is 0 Å². The summed E-state index contributed by atoms with van der Waals surface area (Å²) in [7, 11) is -4.11. The van der Waals surface area contributed by atoms with Crippen molar-refractivity contribution >= 4 is 33.0 Å². The highest BCUT2D eigenvalue weighted by Crippen LogP contribution is 2.25. The van der Waals surface area contributed by atoms with Gasteiger partial charge in [0.15, 0.2) is 0 Å². The van der Waals surface area contributed by atoms with Crippen LogP contribution in [0.1, 0.15) is 15.2 Å². The lowest BCUT2D eigenvalue weighted by Crippen LogP contribution is -2.14. The van der Waals surface area contributed by atoms with Crippen LogP contribution in [-0.4, -0.2) is 19.5 Å². The summed E-state index contributed by atoms with van der Waals surface area (Å²) in [5, 5.41) is 19.0. The molecule has 1 aromatic carbocycles. The van der Waals surface area contributed by atoms with Gasteiger partial charge in [0.25, 0.3) is 10.0 Å². The van der Waals surface area contributed by atoms with Crippen LogP contribution in [0.25, 0.3) is 0 Å². The van der Waals surface area contributed by atoms with Crippen LogP contribution in [0.5, 0.6) is 0 Å². The number of nitrogens with zero attached hydrogens (tertiary/aromatic N) is 1. The number of halogens is 1. The van der Waals surface area contributed by atoms with Gasteiger partial charge in [-0.25, -0.2) is 17.6 Å². The summed E-state index contributed by atoms with van der Waals surface area (Å²) >= 11 is 0.865. The van der Waals surface area contributed by atoms with Crippen molar-refractivity contribution in [2.24, 2.45) is 0 Å². The van der Waals surface area contributed by atoms with Crippen molar-refractivity contribution in [1.29, 1.82) is 5.26 Å². The zero-order valence-electron chi connectivity index (χ0n) is 10.2. The van der Waals surface area contributed by atoms with Gasteiger partial charge in [-0.15, -0.1) is 11.3 Å². The molecule has 1 heterocycles. The van der Waals surface area contributed by atoms with Gasteiger partial charge < -0.3 is 5.11 Å². The molecule has 0 saturated heterocycles. The van der Waals surface area contributed by atoms with Crippen molar-refractivity contribution in [3.63, 3.8) is 0 Å². The standard InChI is InChI=1S/C12H7FN2O4S2/c13-9-2-1-8(5-7(9)6-14)21(18,19)15-10-3-4-20-11(10)12(16)17/h1-5,15H,(H,16,17). The Morgan fingerprint density at radius 2 is 2.10 bits per heavy atom. The third-order valence-corrected chi connectivity index (χ3v) is 4.74. The highest BCUT2D eigenvalue weighted by Gasteiger charge is 2.20. The average molecular weight is 326 g/mol. The molecule has 0 saturated carbocycles. The molecule has 1 aromatic heterocycles. The third kappa shape index (κ3) is 3.01. The van der Waals surface area contributed by atoms with Gasteiger partial charge in [-0.1, -0.05) is 0 Å². The predicted molar refractivity (Wildman–Crippen MR) is 73.2 cm³/mol. The van der Waals surface area contributed by atoms with Gasteiger partial charge in [0.2, 0.25) is 0 Å². The van der Waals surface area contributed by atoms with E-state index in [2.05, 4.69) is 4.72 Å². The summed E-state index contributed by atoms with van der Waals surface area (Å²) < 4.78 is 39.5. The number of aromatic carboxylic acids is 1. The fraction of sp³-hybridized carbons (Fsp3) is 0. The Kier molecular flexibility index (Phi) is 3.93. The zero-order chi connectivity index (χ0) is 15.6. The van der Waals surface area contributed by atoms with Crippen molar-refractivity contribution in [2.45, 2.75) is 4.90 Å². The van der Waals surface area contributed by atoms with Gasteiger partial charge in [0.1, 0.15) is 16.8 Å². The van der Waals surface area contributed by atoms with Gasteiger partial charge in [0.05, 0.1) is 16.1 Å². The minimum absolute atomic E-state index is 0.0877. The number of carboxylic acid groups (broad SMARTS) is 1. The van der Waals surface area contributed by atoms with Gasteiger partial charge in [-0.05, 0) is 29.6 Å². The first-order valence-corrected chi connectivity index (χ1v) is 7.74. The van der Waals surface area contributed by atoms with Crippen molar-refractivity contribution < 1.29 is 22.7 Å². The summed E-state index contributed by atoms with van der Waals surface area (Å²) in [4.78, 5) is 10.4. The molecule has 0 aliphatic carbocycles. The van der Waals surface area contributed by atoms with Crippen LogP contribution in [0.3, 0.4) is 0 Å². The van der Waals surface area contributed by atoms with Crippen LogP contribution in [-0.2, 0) is 10.0 Å². The number of carboxylic acids is 1. The molecule has 6 nitrogen and oxygen atoms in total. The minimum atomic E-state index is -4.11. The Morgan fingerprint density at radius 1 is 1.38 bits per heavy atom. The molecule has 0 fully saturated rings. The van der Waals surface area contributed by atoms with Crippen molar-refractivity contribution in [3.8, 4) is 6.07 Å². The highest BCUT2D eigenvalue weighted by molar-refractivity contribution is 7.92. The SMILES string of the molecule is N#Cc1cc(S(=O)(=O)Nc2ccsc2C(=O)O)ccc1F. The van der Waals surface area contributed by atoms with Gasteiger partial charge in [0, 0.05) is 0 Å². The molecule has 0 atom stereocenters. The maximum atomic E-state index is 13.2. The van der Waals surface area contributed by atoms with Gasteiger partial charge in [-0.3, -0.25) is 4.72 Å². The molecule has 0 aliphatic heterocycles. The van der Waals surface area contributed by atoms with E-state index in [0.29, 0.717) is 0 Å². The normalized spacial score (nSPS) is 10.9. The van der Waals surface area contributed by atoms with E-state index < -0.39 is 27.4 Å². The molecular weight excluding hydrogens is 319 g/mol. The minimum Gasteiger partial charge on any atom is -0.477 e. The molecule has 0 spiro atoms. The van der Waals surface area contributed by atoms with E-state index >= 15 is 0 Å². The lowest BCUT2D eigenvalue weighted by atomic mass is 10.2. The van der Waals surface area contributed by atoms with Crippen LogP contribution < -0.4 is 4.72 Å². The maximum Gasteiger partial charge on any atom is 0.348 e. The van der Waals surface area contributed by atoms with Crippen LogP contribution in [0.2, 0.25) is 0 Å². The number of sulfonamides is 1. The van der Waals surface area contributed by atoms with Gasteiger partial charge in [-0.2, -0.15) is 5.26 Å². The first-order chi connectivity index (χ1) is 9.85. The topological polar surface area (TPSA) is 107 Å². The number of nitrogens with one attached hydrogen (secondary N) is 1. The molecular formula is C12H7FN2O4S2. The molecule has 108 valence electrons. The number of carbonyl (C=O) groups is 1. The summed E-state index contributed by atoms with van der Waals surface area (Å²) in [5.41, 5.74) is -0.503. The number of hydrogen-bond acceptors (Lipinski definition) is 5. The molecule has 9 heteroatoms. The number of hydrogen-bond donors (Lipinski definition) is 2. The third-order valence-electron chi connectivity index (χ3n) is 2.47. The van der Waals surface area contributed by atoms with E-state index in [1.165, 1.54) is 17.5 Å². The summed E-state index contributed by atoms with van der Waals surface area (Å²) in [6, 6.07) is 5.57. The van der Waals surface area contributed by atoms with Crippen LogP contribution in [0.15, 0.2) is 34.5 Å². The van der Waals surface area contributed by atoms with Crippen LogP contribution in [0, 0.1) is 17.1 Å². The predicted octanol–water partition coefficient (Wildman–Crippen LogP) is 2.26. The molecule has 0 bridgehead atoms. The molecule has 0 aliphatic rings. The Balaban J connectivity index is 2.42. The monoisotopic (exact) mass is 326 g/mol. The smallest absolute Gasteiger partial charge is 0.348 e. The van der Waals surface area contributed by atoms with Crippen molar-refractivity contribution in [3.05, 3.63) is 45.9 Å². The Bertz CT molecular complexity index is 852. The van der Waals surface area contributed by atoms with E-state index in [4.69, 9.17) is 10.4 Å². The molecule has 2 aromatic rings. The molecule has 2 N–H and O–H groups in total. The fourth-order valence-corrected chi connectivity index (χ4v) is 3.37. The summed E-state index contributed by atoms with van der Waals surface area (Å²) in [6.07, 6.45) is 0. The molecule has 2 rings (SSSR count). The zero-order valence-corrected chi connectivity index (χ0v) is 11.8. The molecule has 0 radical (unpaired) electrons. The van der Waals surface area contributed by atoms with E-state index in [-0.39, 0.29) is 15.5 Å². The Hall–Kier alpha value is -2.44. The van der Waals surface area contributed by atoms with Crippen LogP contribution >= 0.6 is 11.3 Å². The number of anilines is 1. The average Bonchev–Trinajstić information content (AvgIpc) is 2.86. The largest absolute Gasteiger partial charge is 0.477 e. The lowest BCUT2D eigenvalue weighted by molar-refractivity contribution is 0.0703. The Labute approximate surface area is 123 Å².